The highest BCUT2D eigenvalue weighted by Gasteiger charge is 2.51. The number of benzene rings is 1. The number of rotatable bonds is 8. The molecule has 186 valence electrons. The number of carbonyl (C=O) groups is 1. The standard InChI is InChI=1S/C25H33FN2O5S/c1-32-19-12-28(13-19)34(30,31)27-24(29)21-7-20(18-2-3-18)23(8-22(21)26)33-14-25-9-15-4-16(10-25)6-17(5-15)11-25/h7-8,15-19H,2-6,9-14H2,1H3,(H,27,29). The van der Waals surface area contributed by atoms with E-state index in [0.29, 0.717) is 12.4 Å². The van der Waals surface area contributed by atoms with Gasteiger partial charge in [-0.3, -0.25) is 4.79 Å². The van der Waals surface area contributed by atoms with Crippen molar-refractivity contribution in [2.75, 3.05) is 26.8 Å². The Kier molecular flexibility index (Phi) is 5.46. The minimum absolute atomic E-state index is 0.173. The van der Waals surface area contributed by atoms with Crippen LogP contribution in [-0.4, -0.2) is 51.5 Å². The van der Waals surface area contributed by atoms with Gasteiger partial charge in [0.25, 0.3) is 5.91 Å². The number of amides is 1. The summed E-state index contributed by atoms with van der Waals surface area (Å²) in [6.45, 7) is 0.948. The molecule has 1 amide bonds. The smallest absolute Gasteiger partial charge is 0.304 e. The molecular weight excluding hydrogens is 459 g/mol. The first-order valence-electron chi connectivity index (χ1n) is 12.5. The minimum atomic E-state index is -4.04. The van der Waals surface area contributed by atoms with Crippen LogP contribution >= 0.6 is 0 Å². The molecular formula is C25H33FN2O5S. The van der Waals surface area contributed by atoms with Crippen LogP contribution in [-0.2, 0) is 14.9 Å². The number of ether oxygens (including phenoxy) is 2. The molecule has 0 radical (unpaired) electrons. The van der Waals surface area contributed by atoms with Gasteiger partial charge < -0.3 is 9.47 Å². The third-order valence-electron chi connectivity index (χ3n) is 8.77. The Morgan fingerprint density at radius 2 is 1.74 bits per heavy atom. The lowest BCUT2D eigenvalue weighted by Gasteiger charge is -2.56. The fourth-order valence-corrected chi connectivity index (χ4v) is 8.46. The van der Waals surface area contributed by atoms with Gasteiger partial charge in [-0.15, -0.1) is 0 Å². The summed E-state index contributed by atoms with van der Waals surface area (Å²) in [7, 11) is -2.53. The van der Waals surface area contributed by atoms with Crippen molar-refractivity contribution in [3.8, 4) is 5.75 Å². The molecule has 7 rings (SSSR count). The lowest BCUT2D eigenvalue weighted by atomic mass is 9.50. The van der Waals surface area contributed by atoms with Crippen LogP contribution in [0.2, 0.25) is 0 Å². The molecule has 0 unspecified atom stereocenters. The molecule has 1 aliphatic heterocycles. The van der Waals surface area contributed by atoms with Crippen LogP contribution in [0.15, 0.2) is 12.1 Å². The van der Waals surface area contributed by atoms with Crippen LogP contribution in [0.5, 0.6) is 5.75 Å². The lowest BCUT2D eigenvalue weighted by Crippen LogP contribution is -2.58. The van der Waals surface area contributed by atoms with Crippen molar-refractivity contribution in [2.24, 2.45) is 23.2 Å². The van der Waals surface area contributed by atoms with E-state index in [1.165, 1.54) is 57.8 Å². The largest absolute Gasteiger partial charge is 0.493 e. The fraction of sp³-hybridized carbons (Fsp3) is 0.720. The lowest BCUT2D eigenvalue weighted by molar-refractivity contribution is -0.0747. The molecule has 7 nitrogen and oxygen atoms in total. The second kappa shape index (κ2) is 8.17. The number of hydrogen-bond donors (Lipinski definition) is 1. The van der Waals surface area contributed by atoms with Gasteiger partial charge >= 0.3 is 10.2 Å². The highest BCUT2D eigenvalue weighted by molar-refractivity contribution is 7.87. The first kappa shape index (κ1) is 22.7. The van der Waals surface area contributed by atoms with E-state index < -0.39 is 21.9 Å². The molecule has 5 aliphatic carbocycles. The van der Waals surface area contributed by atoms with E-state index in [4.69, 9.17) is 9.47 Å². The predicted octanol–water partition coefficient (Wildman–Crippen LogP) is 3.60. The fourth-order valence-electron chi connectivity index (χ4n) is 7.26. The van der Waals surface area contributed by atoms with Crippen LogP contribution in [0.25, 0.3) is 0 Å². The maximum absolute atomic E-state index is 15.1. The summed E-state index contributed by atoms with van der Waals surface area (Å²) in [6, 6.07) is 2.79. The summed E-state index contributed by atoms with van der Waals surface area (Å²) in [4.78, 5) is 12.7. The molecule has 1 saturated heterocycles. The van der Waals surface area contributed by atoms with E-state index in [1.807, 2.05) is 4.72 Å². The molecule has 0 aromatic heterocycles. The molecule has 6 aliphatic rings. The van der Waals surface area contributed by atoms with Crippen LogP contribution in [0.1, 0.15) is 73.2 Å². The SMILES string of the molecule is COC1CN(S(=O)(=O)NC(=O)c2cc(C3CC3)c(OCC34CC5CC(CC(C5)C3)C4)cc2F)C1. The normalized spacial score (nSPS) is 33.1. The van der Waals surface area contributed by atoms with E-state index >= 15 is 4.39 Å². The number of methoxy groups -OCH3 is 1. The van der Waals surface area contributed by atoms with E-state index in [1.54, 1.807) is 0 Å². The Balaban J connectivity index is 1.18. The molecule has 0 atom stereocenters. The zero-order valence-electron chi connectivity index (χ0n) is 19.6. The van der Waals surface area contributed by atoms with Crippen molar-refractivity contribution >= 4 is 16.1 Å². The Bertz CT molecular complexity index is 1060. The van der Waals surface area contributed by atoms with Crippen LogP contribution in [0, 0.1) is 29.0 Å². The summed E-state index contributed by atoms with van der Waals surface area (Å²) in [6.07, 6.45) is 9.44. The second-order valence-corrected chi connectivity index (χ2v) is 13.1. The number of halogens is 1. The first-order chi connectivity index (χ1) is 16.2. The highest BCUT2D eigenvalue weighted by Crippen LogP contribution is 2.60. The molecule has 4 bridgehead atoms. The highest BCUT2D eigenvalue weighted by atomic mass is 32.2. The van der Waals surface area contributed by atoms with Crippen molar-refractivity contribution < 1.29 is 27.1 Å². The van der Waals surface area contributed by atoms with Gasteiger partial charge in [0.2, 0.25) is 0 Å². The summed E-state index contributed by atoms with van der Waals surface area (Å²) in [5.41, 5.74) is 0.765. The first-order valence-corrected chi connectivity index (χ1v) is 14.0. The topological polar surface area (TPSA) is 84.9 Å². The number of hydrogen-bond acceptors (Lipinski definition) is 5. The van der Waals surface area contributed by atoms with Crippen molar-refractivity contribution in [3.05, 3.63) is 29.1 Å². The van der Waals surface area contributed by atoms with Crippen LogP contribution in [0.3, 0.4) is 0 Å². The maximum atomic E-state index is 15.1. The Morgan fingerprint density at radius 3 is 2.29 bits per heavy atom. The molecule has 9 heteroatoms. The van der Waals surface area contributed by atoms with Crippen LogP contribution < -0.4 is 9.46 Å². The molecule has 1 aromatic carbocycles. The van der Waals surface area contributed by atoms with Gasteiger partial charge in [0.15, 0.2) is 0 Å². The zero-order valence-corrected chi connectivity index (χ0v) is 20.4. The second-order valence-electron chi connectivity index (χ2n) is 11.5. The van der Waals surface area contributed by atoms with Crippen LogP contribution in [0.4, 0.5) is 4.39 Å². The van der Waals surface area contributed by atoms with Crippen molar-refractivity contribution in [2.45, 2.75) is 63.4 Å². The molecule has 6 fully saturated rings. The van der Waals surface area contributed by atoms with E-state index in [9.17, 15) is 13.2 Å². The summed E-state index contributed by atoms with van der Waals surface area (Å²) >= 11 is 0. The molecule has 5 saturated carbocycles. The monoisotopic (exact) mass is 492 g/mol. The average molecular weight is 493 g/mol. The molecule has 34 heavy (non-hydrogen) atoms. The van der Waals surface area contributed by atoms with Gasteiger partial charge in [-0.05, 0) is 86.7 Å². The number of nitrogens with zero attached hydrogens (tertiary/aromatic N) is 1. The van der Waals surface area contributed by atoms with E-state index in [0.717, 1.165) is 40.5 Å². The minimum Gasteiger partial charge on any atom is -0.493 e. The van der Waals surface area contributed by atoms with Gasteiger partial charge in [0, 0.05) is 31.7 Å². The van der Waals surface area contributed by atoms with Crippen molar-refractivity contribution in [1.82, 2.24) is 9.03 Å². The Labute approximate surface area is 200 Å². The van der Waals surface area contributed by atoms with Gasteiger partial charge in [0.1, 0.15) is 11.6 Å². The molecule has 1 aromatic rings. The summed E-state index contributed by atoms with van der Waals surface area (Å²) in [5, 5.41) is 0. The molecule has 0 spiro atoms. The van der Waals surface area contributed by atoms with Crippen molar-refractivity contribution in [3.63, 3.8) is 0 Å². The maximum Gasteiger partial charge on any atom is 0.304 e. The third kappa shape index (κ3) is 4.13. The quantitative estimate of drug-likeness (QED) is 0.599. The molecule has 1 heterocycles. The van der Waals surface area contributed by atoms with Crippen molar-refractivity contribution in [1.29, 1.82) is 0 Å². The average Bonchev–Trinajstić information content (AvgIpc) is 3.55. The number of nitrogens with one attached hydrogen (secondary N) is 1. The Morgan fingerprint density at radius 1 is 1.12 bits per heavy atom. The van der Waals surface area contributed by atoms with Gasteiger partial charge in [-0.25, -0.2) is 9.11 Å². The predicted molar refractivity (Wildman–Crippen MR) is 123 cm³/mol. The van der Waals surface area contributed by atoms with Gasteiger partial charge in [0.05, 0.1) is 18.3 Å². The molecule has 1 N–H and O–H groups in total. The number of carbonyl (C=O) groups excluding carboxylic acids is 1. The van der Waals surface area contributed by atoms with E-state index in [2.05, 4.69) is 0 Å². The summed E-state index contributed by atoms with van der Waals surface area (Å²) < 4.78 is 54.5. The van der Waals surface area contributed by atoms with Gasteiger partial charge in [-0.2, -0.15) is 12.7 Å². The summed E-state index contributed by atoms with van der Waals surface area (Å²) in [5.74, 6) is 1.48. The van der Waals surface area contributed by atoms with Gasteiger partial charge in [-0.1, -0.05) is 0 Å². The van der Waals surface area contributed by atoms with E-state index in [-0.39, 0.29) is 36.1 Å². The Hall–Kier alpha value is -1.71. The zero-order chi connectivity index (χ0) is 23.7. The third-order valence-corrected chi connectivity index (χ3v) is 10.2.